The van der Waals surface area contributed by atoms with Gasteiger partial charge in [-0.05, 0) is 25.7 Å². The van der Waals surface area contributed by atoms with Gasteiger partial charge in [0.05, 0.1) is 5.84 Å². The minimum Gasteiger partial charge on any atom is -0.388 e. The molecule has 0 aromatic heterocycles. The molecule has 2 amide bonds. The smallest absolute Gasteiger partial charge is 0.315 e. The van der Waals surface area contributed by atoms with Gasteiger partial charge >= 0.3 is 6.03 Å². The predicted octanol–water partition coefficient (Wildman–Crippen LogP) is 1.72. The Morgan fingerprint density at radius 2 is 1.94 bits per heavy atom. The van der Waals surface area contributed by atoms with E-state index in [0.717, 1.165) is 25.7 Å². The van der Waals surface area contributed by atoms with Gasteiger partial charge in [0.15, 0.2) is 0 Å². The summed E-state index contributed by atoms with van der Waals surface area (Å²) in [6.07, 6.45) is 8.32. The first-order valence-corrected chi connectivity index (χ1v) is 6.56. The number of unbranched alkanes of at least 4 members (excludes halogenated alkanes) is 1. The standard InChI is InChI=1S/C12H24N4O/c13-11(14)8-4-5-9-15-12(17)16-10-6-2-1-3-7-10/h10H,1-9H2,(H3,13,14)(H2,15,16,17). The molecule has 1 saturated carbocycles. The Bertz CT molecular complexity index is 249. The van der Waals surface area contributed by atoms with Crippen molar-refractivity contribution in [1.82, 2.24) is 10.6 Å². The number of amidine groups is 1. The monoisotopic (exact) mass is 240 g/mol. The van der Waals surface area contributed by atoms with Gasteiger partial charge in [-0.2, -0.15) is 0 Å². The number of urea groups is 1. The highest BCUT2D eigenvalue weighted by Gasteiger charge is 2.14. The molecule has 0 heterocycles. The Morgan fingerprint density at radius 3 is 2.59 bits per heavy atom. The fraction of sp³-hybridized carbons (Fsp3) is 0.833. The first-order chi connectivity index (χ1) is 8.18. The second-order valence-corrected chi connectivity index (χ2v) is 4.72. The van der Waals surface area contributed by atoms with Gasteiger partial charge in [0, 0.05) is 19.0 Å². The van der Waals surface area contributed by atoms with Crippen LogP contribution in [0.4, 0.5) is 4.79 Å². The molecule has 0 unspecified atom stereocenters. The molecule has 0 radical (unpaired) electrons. The molecule has 1 rings (SSSR count). The maximum Gasteiger partial charge on any atom is 0.315 e. The Hall–Kier alpha value is -1.26. The normalized spacial score (nSPS) is 16.5. The SMILES string of the molecule is N=C(N)CCCCNC(=O)NC1CCCCC1. The number of hydrogen-bond donors (Lipinski definition) is 4. The van der Waals surface area contributed by atoms with Crippen molar-refractivity contribution in [2.45, 2.75) is 57.4 Å². The summed E-state index contributed by atoms with van der Waals surface area (Å²) in [5.41, 5.74) is 5.24. The van der Waals surface area contributed by atoms with Gasteiger partial charge in [-0.1, -0.05) is 19.3 Å². The van der Waals surface area contributed by atoms with Gasteiger partial charge in [-0.25, -0.2) is 4.79 Å². The van der Waals surface area contributed by atoms with Crippen molar-refractivity contribution < 1.29 is 4.79 Å². The summed E-state index contributed by atoms with van der Waals surface area (Å²) in [5.74, 6) is 0.219. The Labute approximate surface area is 103 Å². The molecule has 98 valence electrons. The third-order valence-corrected chi connectivity index (χ3v) is 3.10. The topological polar surface area (TPSA) is 91.0 Å². The highest BCUT2D eigenvalue weighted by Crippen LogP contribution is 2.17. The van der Waals surface area contributed by atoms with E-state index in [-0.39, 0.29) is 11.9 Å². The lowest BCUT2D eigenvalue weighted by Crippen LogP contribution is -2.43. The van der Waals surface area contributed by atoms with E-state index in [2.05, 4.69) is 10.6 Å². The molecule has 0 aromatic rings. The molecule has 0 atom stereocenters. The fourth-order valence-corrected chi connectivity index (χ4v) is 2.13. The van der Waals surface area contributed by atoms with Crippen LogP contribution in [0.5, 0.6) is 0 Å². The van der Waals surface area contributed by atoms with Crippen molar-refractivity contribution in [3.8, 4) is 0 Å². The highest BCUT2D eigenvalue weighted by molar-refractivity contribution is 5.76. The Morgan fingerprint density at radius 1 is 1.24 bits per heavy atom. The summed E-state index contributed by atoms with van der Waals surface area (Å²) < 4.78 is 0. The number of rotatable bonds is 6. The largest absolute Gasteiger partial charge is 0.388 e. The van der Waals surface area contributed by atoms with Crippen LogP contribution in [0.1, 0.15) is 51.4 Å². The maximum atomic E-state index is 11.5. The molecule has 1 aliphatic rings. The number of carbonyl (C=O) groups excluding carboxylic acids is 1. The van der Waals surface area contributed by atoms with Gasteiger partial charge in [-0.15, -0.1) is 0 Å². The van der Waals surface area contributed by atoms with Crippen LogP contribution in [0, 0.1) is 5.41 Å². The Balaban J connectivity index is 1.98. The summed E-state index contributed by atoms with van der Waals surface area (Å²) in [4.78, 5) is 11.5. The molecule has 1 fully saturated rings. The molecular weight excluding hydrogens is 216 g/mol. The molecule has 1 aliphatic carbocycles. The summed E-state index contributed by atoms with van der Waals surface area (Å²) in [5, 5.41) is 12.9. The lowest BCUT2D eigenvalue weighted by atomic mass is 9.96. The molecular formula is C12H24N4O. The van der Waals surface area contributed by atoms with Gasteiger partial charge in [-0.3, -0.25) is 5.41 Å². The third-order valence-electron chi connectivity index (χ3n) is 3.10. The number of hydrogen-bond acceptors (Lipinski definition) is 2. The van der Waals surface area contributed by atoms with Gasteiger partial charge in [0.1, 0.15) is 0 Å². The van der Waals surface area contributed by atoms with Crippen molar-refractivity contribution in [1.29, 1.82) is 5.41 Å². The van der Waals surface area contributed by atoms with Gasteiger partial charge < -0.3 is 16.4 Å². The second-order valence-electron chi connectivity index (χ2n) is 4.72. The average Bonchev–Trinajstić information content (AvgIpc) is 2.29. The molecule has 0 aromatic carbocycles. The lowest BCUT2D eigenvalue weighted by molar-refractivity contribution is 0.232. The van der Waals surface area contributed by atoms with E-state index in [1.807, 2.05) is 0 Å². The van der Waals surface area contributed by atoms with Crippen molar-refractivity contribution >= 4 is 11.9 Å². The molecule has 17 heavy (non-hydrogen) atoms. The molecule has 0 bridgehead atoms. The third kappa shape index (κ3) is 6.81. The lowest BCUT2D eigenvalue weighted by Gasteiger charge is -2.22. The van der Waals surface area contributed by atoms with Crippen molar-refractivity contribution in [2.75, 3.05) is 6.54 Å². The average molecular weight is 240 g/mol. The van der Waals surface area contributed by atoms with E-state index in [9.17, 15) is 4.79 Å². The van der Waals surface area contributed by atoms with Crippen molar-refractivity contribution in [3.63, 3.8) is 0 Å². The molecule has 0 saturated heterocycles. The van der Waals surface area contributed by atoms with Crippen LogP contribution in [0.25, 0.3) is 0 Å². The number of amides is 2. The highest BCUT2D eigenvalue weighted by atomic mass is 16.2. The molecule has 5 heteroatoms. The Kier molecular flexibility index (Phi) is 6.43. The fourth-order valence-electron chi connectivity index (χ4n) is 2.13. The van der Waals surface area contributed by atoms with Gasteiger partial charge in [0.25, 0.3) is 0 Å². The van der Waals surface area contributed by atoms with E-state index in [0.29, 0.717) is 19.0 Å². The van der Waals surface area contributed by atoms with Crippen LogP contribution < -0.4 is 16.4 Å². The van der Waals surface area contributed by atoms with E-state index in [1.54, 1.807) is 0 Å². The van der Waals surface area contributed by atoms with E-state index < -0.39 is 0 Å². The first-order valence-electron chi connectivity index (χ1n) is 6.56. The van der Waals surface area contributed by atoms with Crippen LogP contribution in [0.2, 0.25) is 0 Å². The zero-order valence-electron chi connectivity index (χ0n) is 10.4. The maximum absolute atomic E-state index is 11.5. The van der Waals surface area contributed by atoms with Crippen LogP contribution in [-0.2, 0) is 0 Å². The van der Waals surface area contributed by atoms with E-state index >= 15 is 0 Å². The zero-order valence-corrected chi connectivity index (χ0v) is 10.4. The van der Waals surface area contributed by atoms with E-state index in [1.165, 1.54) is 19.3 Å². The predicted molar refractivity (Wildman–Crippen MR) is 69.2 cm³/mol. The number of nitrogens with two attached hydrogens (primary N) is 1. The molecule has 0 spiro atoms. The number of nitrogens with one attached hydrogen (secondary N) is 3. The van der Waals surface area contributed by atoms with Crippen molar-refractivity contribution in [3.05, 3.63) is 0 Å². The summed E-state index contributed by atoms with van der Waals surface area (Å²) >= 11 is 0. The minimum atomic E-state index is -0.0558. The zero-order chi connectivity index (χ0) is 12.5. The first kappa shape index (κ1) is 13.8. The van der Waals surface area contributed by atoms with Crippen LogP contribution in [-0.4, -0.2) is 24.5 Å². The van der Waals surface area contributed by atoms with Gasteiger partial charge in [0.2, 0.25) is 0 Å². The molecule has 5 nitrogen and oxygen atoms in total. The van der Waals surface area contributed by atoms with Crippen LogP contribution >= 0.6 is 0 Å². The summed E-state index contributed by atoms with van der Waals surface area (Å²) in [6, 6.07) is 0.306. The molecule has 0 aliphatic heterocycles. The van der Waals surface area contributed by atoms with Crippen LogP contribution in [0.3, 0.4) is 0 Å². The second kappa shape index (κ2) is 7.92. The van der Waals surface area contributed by atoms with Crippen LogP contribution in [0.15, 0.2) is 0 Å². The summed E-state index contributed by atoms with van der Waals surface area (Å²) in [7, 11) is 0. The van der Waals surface area contributed by atoms with E-state index in [4.69, 9.17) is 11.1 Å². The quantitative estimate of drug-likeness (QED) is 0.323. The molecule has 5 N–H and O–H groups in total. The number of carbonyl (C=O) groups is 1. The van der Waals surface area contributed by atoms with Crippen molar-refractivity contribution in [2.24, 2.45) is 5.73 Å². The minimum absolute atomic E-state index is 0.0558. The summed E-state index contributed by atoms with van der Waals surface area (Å²) in [6.45, 7) is 0.659.